The van der Waals surface area contributed by atoms with Crippen LogP contribution in [0.25, 0.3) is 0 Å². The summed E-state index contributed by atoms with van der Waals surface area (Å²) >= 11 is 3.28. The molecule has 0 radical (unpaired) electrons. The Hall–Kier alpha value is -0.750. The van der Waals surface area contributed by atoms with Gasteiger partial charge in [-0.25, -0.2) is 0 Å². The molecule has 2 nitrogen and oxygen atoms in total. The number of anilines is 1. The van der Waals surface area contributed by atoms with Crippen LogP contribution in [-0.4, -0.2) is 18.1 Å². The number of hydrogen-bond donors (Lipinski definition) is 1. The van der Waals surface area contributed by atoms with Crippen LogP contribution in [0.3, 0.4) is 0 Å². The first kappa shape index (κ1) is 14.2. The second-order valence-electron chi connectivity index (χ2n) is 5.68. The quantitative estimate of drug-likeness (QED) is 0.833. The van der Waals surface area contributed by atoms with E-state index in [1.807, 2.05) is 4.90 Å². The highest BCUT2D eigenvalue weighted by atomic mass is 79.9. The summed E-state index contributed by atoms with van der Waals surface area (Å²) in [7, 11) is 0. The maximum absolute atomic E-state index is 13.2. The van der Waals surface area contributed by atoms with Gasteiger partial charge in [0.1, 0.15) is 0 Å². The summed E-state index contributed by atoms with van der Waals surface area (Å²) in [5, 5.41) is 0. The van der Waals surface area contributed by atoms with Gasteiger partial charge in [-0.3, -0.25) is 0 Å². The van der Waals surface area contributed by atoms with Crippen LogP contribution in [-0.2, 0) is 6.18 Å². The molecule has 0 aromatic heterocycles. The molecule has 1 aromatic carbocycles. The van der Waals surface area contributed by atoms with Crippen LogP contribution in [0.5, 0.6) is 0 Å². The first-order valence-electron chi connectivity index (χ1n) is 6.77. The molecule has 2 fully saturated rings. The van der Waals surface area contributed by atoms with E-state index in [1.54, 1.807) is 6.07 Å². The molecule has 6 heteroatoms. The van der Waals surface area contributed by atoms with E-state index in [2.05, 4.69) is 15.9 Å². The maximum atomic E-state index is 13.2. The average molecular weight is 349 g/mol. The zero-order valence-corrected chi connectivity index (χ0v) is 12.4. The summed E-state index contributed by atoms with van der Waals surface area (Å²) in [6.07, 6.45) is -0.903. The molecule has 2 aliphatic rings. The fourth-order valence-corrected chi connectivity index (χ4v) is 3.92. The van der Waals surface area contributed by atoms with Gasteiger partial charge in [0, 0.05) is 22.6 Å². The van der Waals surface area contributed by atoms with E-state index >= 15 is 0 Å². The molecule has 20 heavy (non-hydrogen) atoms. The standard InChI is InChI=1S/C14H16BrF3N2/c15-8-1-4-12(14(16,17)18)13(5-8)20-10-2-3-11(20)7-9(19)6-10/h1,4-5,9-11H,2-3,6-7,19H2. The van der Waals surface area contributed by atoms with Crippen molar-refractivity contribution in [3.05, 3.63) is 28.2 Å². The first-order valence-corrected chi connectivity index (χ1v) is 7.56. The minimum Gasteiger partial charge on any atom is -0.365 e. The SMILES string of the molecule is NC1CC2CCC(C1)N2c1cc(Br)ccc1C(F)(F)F. The van der Waals surface area contributed by atoms with Gasteiger partial charge >= 0.3 is 6.18 Å². The average Bonchev–Trinajstić information content (AvgIpc) is 2.60. The molecule has 2 atom stereocenters. The first-order chi connectivity index (χ1) is 9.36. The van der Waals surface area contributed by atoms with Crippen LogP contribution in [0.1, 0.15) is 31.2 Å². The van der Waals surface area contributed by atoms with Gasteiger partial charge in [0.25, 0.3) is 0 Å². The van der Waals surface area contributed by atoms with Gasteiger partial charge in [0.2, 0.25) is 0 Å². The molecular weight excluding hydrogens is 333 g/mol. The third kappa shape index (κ3) is 2.44. The normalized spacial score (nSPS) is 29.9. The molecule has 110 valence electrons. The van der Waals surface area contributed by atoms with Gasteiger partial charge in [0.15, 0.2) is 0 Å². The lowest BCUT2D eigenvalue weighted by Crippen LogP contribution is -2.48. The van der Waals surface area contributed by atoms with Crippen LogP contribution in [0, 0.1) is 0 Å². The number of nitrogens with two attached hydrogens (primary N) is 1. The van der Waals surface area contributed by atoms with Crippen LogP contribution in [0.4, 0.5) is 18.9 Å². The van der Waals surface area contributed by atoms with Crippen molar-refractivity contribution in [2.45, 2.75) is 50.0 Å². The highest BCUT2D eigenvalue weighted by molar-refractivity contribution is 9.10. The van der Waals surface area contributed by atoms with Crippen molar-refractivity contribution in [1.82, 2.24) is 0 Å². The van der Waals surface area contributed by atoms with Crippen molar-refractivity contribution in [2.24, 2.45) is 5.73 Å². The van der Waals surface area contributed by atoms with Gasteiger partial charge in [-0.15, -0.1) is 0 Å². The molecule has 2 bridgehead atoms. The Kier molecular flexibility index (Phi) is 3.49. The minimum atomic E-state index is -4.32. The van der Waals surface area contributed by atoms with Gasteiger partial charge in [0.05, 0.1) is 11.3 Å². The molecule has 0 saturated carbocycles. The largest absolute Gasteiger partial charge is 0.418 e. The topological polar surface area (TPSA) is 29.3 Å². The molecular formula is C14H16BrF3N2. The smallest absolute Gasteiger partial charge is 0.365 e. The fraction of sp³-hybridized carbons (Fsp3) is 0.571. The molecule has 2 aliphatic heterocycles. The number of halogens is 4. The summed E-state index contributed by atoms with van der Waals surface area (Å²) < 4.78 is 40.3. The number of piperidine rings is 1. The summed E-state index contributed by atoms with van der Waals surface area (Å²) in [5.74, 6) is 0. The third-order valence-corrected chi connectivity index (χ3v) is 4.81. The lowest BCUT2D eigenvalue weighted by Gasteiger charge is -2.40. The number of nitrogens with zero attached hydrogens (tertiary/aromatic N) is 1. The zero-order chi connectivity index (χ0) is 14.5. The predicted octanol–water partition coefficient (Wildman–Crippen LogP) is 3.93. The van der Waals surface area contributed by atoms with Gasteiger partial charge in [-0.05, 0) is 43.9 Å². The van der Waals surface area contributed by atoms with Crippen molar-refractivity contribution in [1.29, 1.82) is 0 Å². The lowest BCUT2D eigenvalue weighted by atomic mass is 9.96. The van der Waals surface area contributed by atoms with Crippen molar-refractivity contribution in [3.8, 4) is 0 Å². The monoisotopic (exact) mass is 348 g/mol. The second kappa shape index (κ2) is 4.91. The maximum Gasteiger partial charge on any atom is 0.418 e. The van der Waals surface area contributed by atoms with Crippen LogP contribution < -0.4 is 10.6 Å². The highest BCUT2D eigenvalue weighted by Gasteiger charge is 2.43. The number of rotatable bonds is 1. The molecule has 2 saturated heterocycles. The Labute approximate surface area is 124 Å². The van der Waals surface area contributed by atoms with Crippen molar-refractivity contribution >= 4 is 21.6 Å². The van der Waals surface area contributed by atoms with Gasteiger partial charge < -0.3 is 10.6 Å². The minimum absolute atomic E-state index is 0.116. The van der Waals surface area contributed by atoms with Crippen molar-refractivity contribution in [3.63, 3.8) is 0 Å². The zero-order valence-electron chi connectivity index (χ0n) is 10.8. The van der Waals surface area contributed by atoms with Crippen molar-refractivity contribution < 1.29 is 13.2 Å². The fourth-order valence-electron chi connectivity index (χ4n) is 3.57. The summed E-state index contributed by atoms with van der Waals surface area (Å²) in [4.78, 5) is 1.96. The second-order valence-corrected chi connectivity index (χ2v) is 6.60. The highest BCUT2D eigenvalue weighted by Crippen LogP contribution is 2.45. The van der Waals surface area contributed by atoms with E-state index in [0.717, 1.165) is 31.7 Å². The number of fused-ring (bicyclic) bond motifs is 2. The molecule has 0 amide bonds. The molecule has 2 heterocycles. The number of benzene rings is 1. The number of hydrogen-bond acceptors (Lipinski definition) is 2. The Bertz CT molecular complexity index is 504. The molecule has 3 rings (SSSR count). The van der Waals surface area contributed by atoms with E-state index in [-0.39, 0.29) is 18.1 Å². The Morgan fingerprint density at radius 1 is 1.15 bits per heavy atom. The Morgan fingerprint density at radius 3 is 2.30 bits per heavy atom. The van der Waals surface area contributed by atoms with E-state index in [0.29, 0.717) is 10.2 Å². The lowest BCUT2D eigenvalue weighted by molar-refractivity contribution is -0.137. The summed E-state index contributed by atoms with van der Waals surface area (Å²) in [6.45, 7) is 0. The van der Waals surface area contributed by atoms with E-state index < -0.39 is 11.7 Å². The molecule has 0 aliphatic carbocycles. The Morgan fingerprint density at radius 2 is 1.75 bits per heavy atom. The van der Waals surface area contributed by atoms with E-state index in [9.17, 15) is 13.2 Å². The molecule has 0 spiro atoms. The summed E-state index contributed by atoms with van der Waals surface area (Å²) in [5.41, 5.74) is 5.74. The summed E-state index contributed by atoms with van der Waals surface area (Å²) in [6, 6.07) is 4.59. The van der Waals surface area contributed by atoms with Crippen LogP contribution in [0.15, 0.2) is 22.7 Å². The van der Waals surface area contributed by atoms with Crippen LogP contribution in [0.2, 0.25) is 0 Å². The molecule has 2 N–H and O–H groups in total. The third-order valence-electron chi connectivity index (χ3n) is 4.31. The predicted molar refractivity (Wildman–Crippen MR) is 75.6 cm³/mol. The van der Waals surface area contributed by atoms with Gasteiger partial charge in [-0.2, -0.15) is 13.2 Å². The molecule has 2 unspecified atom stereocenters. The van der Waals surface area contributed by atoms with E-state index in [1.165, 1.54) is 6.07 Å². The molecule has 1 aromatic rings. The number of alkyl halides is 3. The van der Waals surface area contributed by atoms with Crippen molar-refractivity contribution in [2.75, 3.05) is 4.90 Å². The Balaban J connectivity index is 2.04. The van der Waals surface area contributed by atoms with E-state index in [4.69, 9.17) is 5.73 Å². The van der Waals surface area contributed by atoms with Gasteiger partial charge in [-0.1, -0.05) is 15.9 Å². The van der Waals surface area contributed by atoms with Crippen LogP contribution >= 0.6 is 15.9 Å².